The Morgan fingerprint density at radius 1 is 1.03 bits per heavy atom. The van der Waals surface area contributed by atoms with Crippen molar-refractivity contribution < 1.29 is 24.5 Å². The lowest BCUT2D eigenvalue weighted by Gasteiger charge is -2.27. The van der Waals surface area contributed by atoms with E-state index < -0.39 is 11.2 Å². The highest BCUT2D eigenvalue weighted by atomic mass is 16.5. The average molecular weight is 482 g/mol. The number of carbonyl (C=O) groups excluding carboxylic acids is 2. The van der Waals surface area contributed by atoms with Gasteiger partial charge in [-0.25, -0.2) is 14.6 Å². The standard InChI is InChI=1S/C27H22N4O5/c1-11-22(33)20(14(4)32)24-21(23(11)34)27(5)18(36-24)10-17-19(25(27)35)12(2)30-31(17)26-13(3)28-15-8-6-7-9-16(15)29-26/h6-10,33-34H,1-5H3. The summed E-state index contributed by atoms with van der Waals surface area (Å²) in [4.78, 5) is 35.9. The summed E-state index contributed by atoms with van der Waals surface area (Å²) in [5, 5.41) is 26.2. The van der Waals surface area contributed by atoms with Crippen molar-refractivity contribution in [3.05, 3.63) is 69.4 Å². The van der Waals surface area contributed by atoms with Gasteiger partial charge in [0.2, 0.25) is 0 Å². The number of aromatic hydroxyl groups is 2. The van der Waals surface area contributed by atoms with Crippen molar-refractivity contribution >= 4 is 28.7 Å². The van der Waals surface area contributed by atoms with E-state index in [9.17, 15) is 19.8 Å². The van der Waals surface area contributed by atoms with Crippen LogP contribution in [0.3, 0.4) is 0 Å². The van der Waals surface area contributed by atoms with Gasteiger partial charge >= 0.3 is 0 Å². The van der Waals surface area contributed by atoms with Gasteiger partial charge < -0.3 is 14.9 Å². The number of phenolic OH excluding ortho intramolecular Hbond substituents is 2. The Hall–Kier alpha value is -4.53. The van der Waals surface area contributed by atoms with Gasteiger partial charge in [0.25, 0.3) is 0 Å². The number of aryl methyl sites for hydroxylation is 2. The molecule has 0 bridgehead atoms. The third-order valence-corrected chi connectivity index (χ3v) is 7.16. The Morgan fingerprint density at radius 2 is 1.69 bits per heavy atom. The molecule has 3 heterocycles. The second-order valence-electron chi connectivity index (χ2n) is 9.40. The SMILES string of the molecule is CC(=O)c1c(O)c(C)c(O)c2c1OC1=Cc3c(c(C)nn3-c3nc4ccccc4nc3C)C(=O)C12C. The quantitative estimate of drug-likeness (QED) is 0.406. The fourth-order valence-corrected chi connectivity index (χ4v) is 5.23. The average Bonchev–Trinajstić information content (AvgIpc) is 3.31. The number of hydrogen-bond acceptors (Lipinski definition) is 8. The van der Waals surface area contributed by atoms with Crippen molar-refractivity contribution in [2.45, 2.75) is 40.0 Å². The van der Waals surface area contributed by atoms with Gasteiger partial charge in [-0.15, -0.1) is 0 Å². The number of fused-ring (bicyclic) bond motifs is 5. The molecule has 0 saturated carbocycles. The predicted molar refractivity (Wildman–Crippen MR) is 131 cm³/mol. The summed E-state index contributed by atoms with van der Waals surface area (Å²) in [6, 6.07) is 7.49. The summed E-state index contributed by atoms with van der Waals surface area (Å²) in [6.45, 7) is 8.00. The van der Waals surface area contributed by atoms with E-state index in [1.54, 1.807) is 24.6 Å². The number of nitrogens with zero attached hydrogens (tertiary/aromatic N) is 4. The maximum atomic E-state index is 14.1. The number of allylic oxidation sites excluding steroid dienone is 1. The molecule has 0 amide bonds. The Kier molecular flexibility index (Phi) is 4.27. The number of hydrogen-bond donors (Lipinski definition) is 2. The smallest absolute Gasteiger partial charge is 0.185 e. The van der Waals surface area contributed by atoms with E-state index in [-0.39, 0.29) is 45.5 Å². The van der Waals surface area contributed by atoms with Crippen LogP contribution in [0.15, 0.2) is 30.0 Å². The van der Waals surface area contributed by atoms with Crippen LogP contribution in [0.5, 0.6) is 17.2 Å². The Morgan fingerprint density at radius 3 is 2.36 bits per heavy atom. The summed E-state index contributed by atoms with van der Waals surface area (Å²) in [6.07, 6.45) is 1.68. The van der Waals surface area contributed by atoms with E-state index in [0.29, 0.717) is 34.0 Å². The van der Waals surface area contributed by atoms with Gasteiger partial charge in [-0.1, -0.05) is 12.1 Å². The van der Waals surface area contributed by atoms with Crippen LogP contribution < -0.4 is 4.74 Å². The molecule has 1 atom stereocenters. The normalized spacial score (nSPS) is 17.9. The van der Waals surface area contributed by atoms with Crippen molar-refractivity contribution in [1.82, 2.24) is 19.7 Å². The van der Waals surface area contributed by atoms with Crippen LogP contribution in [0, 0.1) is 20.8 Å². The van der Waals surface area contributed by atoms with Gasteiger partial charge in [-0.2, -0.15) is 5.10 Å². The van der Waals surface area contributed by atoms with E-state index in [4.69, 9.17) is 9.72 Å². The zero-order valence-electron chi connectivity index (χ0n) is 20.3. The maximum Gasteiger partial charge on any atom is 0.185 e. The molecule has 4 aromatic rings. The Labute approximate surface area is 205 Å². The second-order valence-corrected chi connectivity index (χ2v) is 9.40. The molecule has 1 unspecified atom stereocenters. The highest BCUT2D eigenvalue weighted by Crippen LogP contribution is 2.58. The molecule has 2 N–H and O–H groups in total. The molecule has 36 heavy (non-hydrogen) atoms. The highest BCUT2D eigenvalue weighted by Gasteiger charge is 2.55. The minimum absolute atomic E-state index is 0.00538. The molecule has 2 aliphatic rings. The third-order valence-electron chi connectivity index (χ3n) is 7.16. The van der Waals surface area contributed by atoms with Crippen LogP contribution in [0.2, 0.25) is 0 Å². The zero-order valence-corrected chi connectivity index (χ0v) is 20.3. The van der Waals surface area contributed by atoms with E-state index in [1.807, 2.05) is 31.2 Å². The number of phenols is 2. The number of aromatic nitrogens is 4. The molecule has 1 aliphatic carbocycles. The van der Waals surface area contributed by atoms with Crippen LogP contribution in [-0.4, -0.2) is 41.5 Å². The minimum Gasteiger partial charge on any atom is -0.507 e. The Balaban J connectivity index is 1.62. The lowest BCUT2D eigenvalue weighted by molar-refractivity contribution is 0.0905. The summed E-state index contributed by atoms with van der Waals surface area (Å²) in [5.41, 5.74) is 2.18. The lowest BCUT2D eigenvalue weighted by Crippen LogP contribution is -2.36. The first-order valence-electron chi connectivity index (χ1n) is 11.4. The minimum atomic E-state index is -1.40. The van der Waals surface area contributed by atoms with Crippen LogP contribution >= 0.6 is 0 Å². The van der Waals surface area contributed by atoms with Crippen LogP contribution in [-0.2, 0) is 5.41 Å². The molecule has 9 heteroatoms. The summed E-state index contributed by atoms with van der Waals surface area (Å²) in [5.74, 6) is -0.725. The zero-order chi connectivity index (χ0) is 25.7. The fourth-order valence-electron chi connectivity index (χ4n) is 5.23. The van der Waals surface area contributed by atoms with Crippen molar-refractivity contribution in [1.29, 1.82) is 0 Å². The number of Topliss-reactive ketones (excluding diaryl/α,β-unsaturated/α-hetero) is 2. The van der Waals surface area contributed by atoms with Crippen molar-refractivity contribution in [2.24, 2.45) is 0 Å². The molecular weight excluding hydrogens is 460 g/mol. The summed E-state index contributed by atoms with van der Waals surface area (Å²) < 4.78 is 7.65. The first kappa shape index (κ1) is 22.0. The van der Waals surface area contributed by atoms with Gasteiger partial charge in [0.05, 0.1) is 39.2 Å². The first-order chi connectivity index (χ1) is 17.1. The van der Waals surface area contributed by atoms with E-state index >= 15 is 0 Å². The monoisotopic (exact) mass is 482 g/mol. The van der Waals surface area contributed by atoms with E-state index in [1.165, 1.54) is 13.8 Å². The number of rotatable bonds is 2. The molecule has 0 fully saturated rings. The van der Waals surface area contributed by atoms with Gasteiger partial charge in [-0.3, -0.25) is 9.59 Å². The molecule has 9 nitrogen and oxygen atoms in total. The largest absolute Gasteiger partial charge is 0.507 e. The highest BCUT2D eigenvalue weighted by molar-refractivity contribution is 6.14. The van der Waals surface area contributed by atoms with Crippen LogP contribution in [0.4, 0.5) is 0 Å². The molecule has 2 aromatic heterocycles. The summed E-state index contributed by atoms with van der Waals surface area (Å²) in [7, 11) is 0. The Bertz CT molecular complexity index is 1730. The molecule has 0 radical (unpaired) electrons. The topological polar surface area (TPSA) is 127 Å². The number of carbonyl (C=O) groups is 2. The maximum absolute atomic E-state index is 14.1. The van der Waals surface area contributed by atoms with Crippen LogP contribution in [0.25, 0.3) is 22.9 Å². The third kappa shape index (κ3) is 2.57. The number of ether oxygens (including phenoxy) is 1. The van der Waals surface area contributed by atoms with E-state index in [0.717, 1.165) is 5.52 Å². The molecule has 2 aromatic carbocycles. The first-order valence-corrected chi connectivity index (χ1v) is 11.4. The van der Waals surface area contributed by atoms with Gasteiger partial charge in [0.1, 0.15) is 34.0 Å². The molecule has 0 spiro atoms. The second kappa shape index (κ2) is 7.00. The lowest BCUT2D eigenvalue weighted by atomic mass is 9.71. The van der Waals surface area contributed by atoms with Crippen molar-refractivity contribution in [2.75, 3.05) is 0 Å². The molecule has 0 saturated heterocycles. The molecule has 180 valence electrons. The van der Waals surface area contributed by atoms with Gasteiger partial charge in [0.15, 0.2) is 17.4 Å². The van der Waals surface area contributed by atoms with E-state index in [2.05, 4.69) is 10.1 Å². The predicted octanol–water partition coefficient (Wildman–Crippen LogP) is 4.24. The van der Waals surface area contributed by atoms with Crippen molar-refractivity contribution in [3.63, 3.8) is 0 Å². The molecule has 6 rings (SSSR count). The van der Waals surface area contributed by atoms with Gasteiger partial charge in [0, 0.05) is 11.6 Å². The van der Waals surface area contributed by atoms with Crippen molar-refractivity contribution in [3.8, 4) is 23.1 Å². The fraction of sp³-hybridized carbons (Fsp3) is 0.222. The summed E-state index contributed by atoms with van der Waals surface area (Å²) >= 11 is 0. The number of benzene rings is 2. The number of para-hydroxylation sites is 2. The molecule has 1 aliphatic heterocycles. The molecular formula is C27H22N4O5. The van der Waals surface area contributed by atoms with Crippen LogP contribution in [0.1, 0.15) is 62.8 Å². The number of ketones is 2. The van der Waals surface area contributed by atoms with Gasteiger partial charge in [-0.05, 0) is 46.8 Å².